The second-order valence-corrected chi connectivity index (χ2v) is 8.05. The molecule has 4 rings (SSSR count). The van der Waals surface area contributed by atoms with Crippen LogP contribution >= 0.6 is 23.1 Å². The molecule has 3 aromatic heterocycles. The van der Waals surface area contributed by atoms with Gasteiger partial charge < -0.3 is 4.74 Å². The molecule has 0 N–H and O–H groups in total. The minimum atomic E-state index is -0.0633. The maximum atomic E-state index is 12.4. The van der Waals surface area contributed by atoms with Crippen LogP contribution in [0.25, 0.3) is 16.3 Å². The first kappa shape index (κ1) is 19.4. The third-order valence-electron chi connectivity index (χ3n) is 4.35. The molecule has 4 aromatic rings. The molecule has 148 valence electrons. The van der Waals surface area contributed by atoms with E-state index in [1.165, 1.54) is 23.1 Å². The Balaban J connectivity index is 1.65. The summed E-state index contributed by atoms with van der Waals surface area (Å²) < 4.78 is 9.07. The van der Waals surface area contributed by atoms with E-state index in [-0.39, 0.29) is 5.56 Å². The fourth-order valence-electron chi connectivity index (χ4n) is 3.03. The van der Waals surface area contributed by atoms with Gasteiger partial charge in [0.1, 0.15) is 5.75 Å². The van der Waals surface area contributed by atoms with Gasteiger partial charge in [0.15, 0.2) is 15.9 Å². The van der Waals surface area contributed by atoms with E-state index in [0.717, 1.165) is 22.2 Å². The second-order valence-electron chi connectivity index (χ2n) is 6.28. The molecule has 0 saturated carbocycles. The predicted octanol–water partition coefficient (Wildman–Crippen LogP) is 3.81. The van der Waals surface area contributed by atoms with E-state index in [2.05, 4.69) is 21.8 Å². The number of benzene rings is 1. The number of thioether (sulfide) groups is 1. The first-order valence-corrected chi connectivity index (χ1v) is 10.8. The number of fused-ring (bicyclic) bond motifs is 1. The fraction of sp³-hybridized carbons (Fsp3) is 0.200. The van der Waals surface area contributed by atoms with Gasteiger partial charge in [0, 0.05) is 29.4 Å². The van der Waals surface area contributed by atoms with Crippen LogP contribution in [-0.2, 0) is 12.3 Å². The lowest BCUT2D eigenvalue weighted by Crippen LogP contribution is -2.14. The van der Waals surface area contributed by atoms with Crippen LogP contribution < -0.4 is 10.3 Å². The molecule has 0 aliphatic carbocycles. The van der Waals surface area contributed by atoms with E-state index in [1.807, 2.05) is 41.1 Å². The Morgan fingerprint density at radius 1 is 1.31 bits per heavy atom. The van der Waals surface area contributed by atoms with Crippen LogP contribution in [0.2, 0.25) is 0 Å². The molecule has 0 radical (unpaired) electrons. The lowest BCUT2D eigenvalue weighted by Gasteiger charge is -2.10. The molecule has 0 spiro atoms. The van der Waals surface area contributed by atoms with Gasteiger partial charge >= 0.3 is 0 Å². The molecule has 0 fully saturated rings. The maximum absolute atomic E-state index is 12.4. The molecule has 0 bridgehead atoms. The Morgan fingerprint density at radius 3 is 2.93 bits per heavy atom. The Morgan fingerprint density at radius 2 is 2.14 bits per heavy atom. The zero-order valence-electron chi connectivity index (χ0n) is 16.0. The lowest BCUT2D eigenvalue weighted by atomic mass is 10.2. The molecule has 0 atom stereocenters. The van der Waals surface area contributed by atoms with Crippen molar-refractivity contribution in [2.45, 2.75) is 24.4 Å². The number of aromatic nitrogens is 5. The molecule has 0 aliphatic heterocycles. The van der Waals surface area contributed by atoms with Crippen LogP contribution in [0.4, 0.5) is 0 Å². The standard InChI is InChI=1S/C20H19N5O2S2/c1-4-9-24-18(15-7-5-6-8-16(15)27-3)22-23-20(24)29-12-14-10-17(26)25-13(2)11-28-19(25)21-14/h4-8,10-11H,1,9,12H2,2-3H3. The molecule has 0 aliphatic rings. The third kappa shape index (κ3) is 3.70. The van der Waals surface area contributed by atoms with Gasteiger partial charge in [-0.1, -0.05) is 30.0 Å². The van der Waals surface area contributed by atoms with E-state index in [9.17, 15) is 4.79 Å². The Bertz CT molecular complexity index is 1240. The Hall–Kier alpha value is -2.91. The molecule has 9 heteroatoms. The van der Waals surface area contributed by atoms with Gasteiger partial charge in [-0.25, -0.2) is 4.98 Å². The van der Waals surface area contributed by atoms with Crippen LogP contribution in [0.1, 0.15) is 11.4 Å². The first-order valence-electron chi connectivity index (χ1n) is 8.89. The summed E-state index contributed by atoms with van der Waals surface area (Å²) in [5, 5.41) is 11.4. The fourth-order valence-corrected chi connectivity index (χ4v) is 4.76. The average molecular weight is 426 g/mol. The van der Waals surface area contributed by atoms with Crippen molar-refractivity contribution >= 4 is 28.1 Å². The number of ether oxygens (including phenoxy) is 1. The number of methoxy groups -OCH3 is 1. The van der Waals surface area contributed by atoms with Crippen LogP contribution in [0.15, 0.2) is 58.3 Å². The number of aryl methyl sites for hydroxylation is 1. The van der Waals surface area contributed by atoms with Gasteiger partial charge in [0.25, 0.3) is 5.56 Å². The number of rotatable bonds is 7. The first-order chi connectivity index (χ1) is 14.1. The summed E-state index contributed by atoms with van der Waals surface area (Å²) in [6.07, 6.45) is 1.80. The highest BCUT2D eigenvalue weighted by Crippen LogP contribution is 2.31. The Kier molecular flexibility index (Phi) is 5.50. The van der Waals surface area contributed by atoms with Crippen molar-refractivity contribution in [2.24, 2.45) is 0 Å². The SMILES string of the molecule is C=CCn1c(SCc2cc(=O)n3c(C)csc3n2)nnc1-c1ccccc1OC. The molecule has 3 heterocycles. The molecule has 7 nitrogen and oxygen atoms in total. The van der Waals surface area contributed by atoms with Crippen molar-refractivity contribution in [1.29, 1.82) is 0 Å². The maximum Gasteiger partial charge on any atom is 0.258 e. The van der Waals surface area contributed by atoms with Gasteiger partial charge in [-0.15, -0.1) is 28.1 Å². The van der Waals surface area contributed by atoms with Crippen molar-refractivity contribution in [1.82, 2.24) is 24.1 Å². The van der Waals surface area contributed by atoms with Gasteiger partial charge in [-0.05, 0) is 19.1 Å². The summed E-state index contributed by atoms with van der Waals surface area (Å²) >= 11 is 2.95. The monoisotopic (exact) mass is 425 g/mol. The van der Waals surface area contributed by atoms with Gasteiger partial charge in [-0.3, -0.25) is 13.8 Å². The van der Waals surface area contributed by atoms with E-state index in [1.54, 1.807) is 23.7 Å². The third-order valence-corrected chi connectivity index (χ3v) is 6.30. The van der Waals surface area contributed by atoms with Crippen molar-refractivity contribution in [3.05, 3.63) is 70.1 Å². The van der Waals surface area contributed by atoms with Gasteiger partial charge in [0.2, 0.25) is 0 Å². The zero-order valence-corrected chi connectivity index (χ0v) is 17.7. The zero-order chi connectivity index (χ0) is 20.4. The van der Waals surface area contributed by atoms with Crippen molar-refractivity contribution in [3.8, 4) is 17.1 Å². The summed E-state index contributed by atoms with van der Waals surface area (Å²) in [5.74, 6) is 1.96. The normalized spacial score (nSPS) is 11.1. The van der Waals surface area contributed by atoms with Crippen LogP contribution in [-0.4, -0.2) is 31.3 Å². The molecule has 1 aromatic carbocycles. The summed E-state index contributed by atoms with van der Waals surface area (Å²) in [7, 11) is 1.63. The number of hydrogen-bond acceptors (Lipinski definition) is 7. The van der Waals surface area contributed by atoms with E-state index in [4.69, 9.17) is 4.74 Å². The molecule has 29 heavy (non-hydrogen) atoms. The van der Waals surface area contributed by atoms with Crippen LogP contribution in [0, 0.1) is 6.92 Å². The summed E-state index contributed by atoms with van der Waals surface area (Å²) in [5.41, 5.74) is 2.41. The summed E-state index contributed by atoms with van der Waals surface area (Å²) in [6, 6.07) is 9.28. The van der Waals surface area contributed by atoms with Crippen LogP contribution in [0.5, 0.6) is 5.75 Å². The number of thiazole rings is 1. The van der Waals surface area contributed by atoms with E-state index >= 15 is 0 Å². The summed E-state index contributed by atoms with van der Waals surface area (Å²) in [6.45, 7) is 6.31. The minimum absolute atomic E-state index is 0.0633. The highest BCUT2D eigenvalue weighted by molar-refractivity contribution is 7.98. The van der Waals surface area contributed by atoms with Crippen molar-refractivity contribution < 1.29 is 4.74 Å². The predicted molar refractivity (Wildman–Crippen MR) is 116 cm³/mol. The molecular formula is C20H19N5O2S2. The topological polar surface area (TPSA) is 74.3 Å². The second kappa shape index (κ2) is 8.22. The smallest absolute Gasteiger partial charge is 0.258 e. The molecule has 0 unspecified atom stereocenters. The largest absolute Gasteiger partial charge is 0.496 e. The summed E-state index contributed by atoms with van der Waals surface area (Å²) in [4.78, 5) is 17.7. The van der Waals surface area contributed by atoms with Crippen LogP contribution in [0.3, 0.4) is 0 Å². The van der Waals surface area contributed by atoms with Crippen molar-refractivity contribution in [3.63, 3.8) is 0 Å². The number of hydrogen-bond donors (Lipinski definition) is 0. The number of allylic oxidation sites excluding steroid dienone is 1. The lowest BCUT2D eigenvalue weighted by molar-refractivity contribution is 0.416. The number of para-hydroxylation sites is 1. The molecule has 0 saturated heterocycles. The van der Waals surface area contributed by atoms with Gasteiger partial charge in [0.05, 0.1) is 18.4 Å². The molecule has 0 amide bonds. The van der Waals surface area contributed by atoms with E-state index < -0.39 is 0 Å². The van der Waals surface area contributed by atoms with E-state index in [0.29, 0.717) is 28.8 Å². The Labute approximate surface area is 175 Å². The minimum Gasteiger partial charge on any atom is -0.496 e. The van der Waals surface area contributed by atoms with Gasteiger partial charge in [-0.2, -0.15) is 0 Å². The average Bonchev–Trinajstić information content (AvgIpc) is 3.30. The highest BCUT2D eigenvalue weighted by Gasteiger charge is 2.17. The van der Waals surface area contributed by atoms with Crippen molar-refractivity contribution in [2.75, 3.05) is 7.11 Å². The quantitative estimate of drug-likeness (QED) is 0.331. The molecular weight excluding hydrogens is 406 g/mol. The highest BCUT2D eigenvalue weighted by atomic mass is 32.2. The number of nitrogens with zero attached hydrogens (tertiary/aromatic N) is 5.